The van der Waals surface area contributed by atoms with Gasteiger partial charge >= 0.3 is 0 Å². The standard InChI is InChI=1S/C15H26N2O/c1-13(2)18-12-6-4-3-5-11-17-15-9-7-14(16)8-10-15/h7-10,13,17H,3-6,11-12,16H2,1-2H3. The van der Waals surface area contributed by atoms with E-state index in [4.69, 9.17) is 10.5 Å². The van der Waals surface area contributed by atoms with Crippen molar-refractivity contribution in [2.45, 2.75) is 45.6 Å². The minimum atomic E-state index is 0.359. The Bertz CT molecular complexity index is 309. The third-order valence-corrected chi connectivity index (χ3v) is 2.76. The summed E-state index contributed by atoms with van der Waals surface area (Å²) in [7, 11) is 0. The van der Waals surface area contributed by atoms with Crippen molar-refractivity contribution in [3.63, 3.8) is 0 Å². The van der Waals surface area contributed by atoms with E-state index < -0.39 is 0 Å². The van der Waals surface area contributed by atoms with Gasteiger partial charge in [0.15, 0.2) is 0 Å². The summed E-state index contributed by atoms with van der Waals surface area (Å²) in [4.78, 5) is 0. The average molecular weight is 250 g/mol. The molecule has 0 saturated heterocycles. The van der Waals surface area contributed by atoms with Crippen LogP contribution in [0.2, 0.25) is 0 Å². The van der Waals surface area contributed by atoms with Gasteiger partial charge in [-0.05, 0) is 51.0 Å². The van der Waals surface area contributed by atoms with Crippen LogP contribution in [0, 0.1) is 0 Å². The van der Waals surface area contributed by atoms with Gasteiger partial charge in [-0.2, -0.15) is 0 Å². The molecule has 0 heterocycles. The number of nitrogen functional groups attached to an aromatic ring is 1. The molecule has 0 fully saturated rings. The van der Waals surface area contributed by atoms with E-state index >= 15 is 0 Å². The van der Waals surface area contributed by atoms with Gasteiger partial charge in [-0.1, -0.05) is 12.8 Å². The molecular formula is C15H26N2O. The minimum Gasteiger partial charge on any atom is -0.399 e. The Kier molecular flexibility index (Phi) is 7.26. The smallest absolute Gasteiger partial charge is 0.0518 e. The second-order valence-electron chi connectivity index (χ2n) is 4.88. The number of rotatable bonds is 9. The number of unbranched alkanes of at least 4 members (excludes halogenated alkanes) is 3. The number of ether oxygens (including phenoxy) is 1. The lowest BCUT2D eigenvalue weighted by molar-refractivity contribution is 0.0757. The molecule has 3 nitrogen and oxygen atoms in total. The second kappa shape index (κ2) is 8.81. The molecule has 0 saturated carbocycles. The van der Waals surface area contributed by atoms with Crippen LogP contribution >= 0.6 is 0 Å². The maximum absolute atomic E-state index is 5.63. The van der Waals surface area contributed by atoms with E-state index in [1.54, 1.807) is 0 Å². The Balaban J connectivity index is 1.94. The molecule has 0 bridgehead atoms. The van der Waals surface area contributed by atoms with Crippen molar-refractivity contribution < 1.29 is 4.74 Å². The fourth-order valence-electron chi connectivity index (χ4n) is 1.73. The van der Waals surface area contributed by atoms with Gasteiger partial charge in [-0.15, -0.1) is 0 Å². The van der Waals surface area contributed by atoms with Crippen LogP contribution in [-0.4, -0.2) is 19.3 Å². The van der Waals surface area contributed by atoms with E-state index in [2.05, 4.69) is 19.2 Å². The molecule has 0 aliphatic rings. The van der Waals surface area contributed by atoms with Gasteiger partial charge in [0.05, 0.1) is 6.10 Å². The monoisotopic (exact) mass is 250 g/mol. The normalized spacial score (nSPS) is 10.8. The highest BCUT2D eigenvalue weighted by atomic mass is 16.5. The van der Waals surface area contributed by atoms with Crippen LogP contribution in [-0.2, 0) is 4.74 Å². The van der Waals surface area contributed by atoms with Crippen molar-refractivity contribution in [1.82, 2.24) is 0 Å². The van der Waals surface area contributed by atoms with Crippen LogP contribution in [0.5, 0.6) is 0 Å². The molecule has 0 unspecified atom stereocenters. The molecule has 0 aliphatic carbocycles. The topological polar surface area (TPSA) is 47.3 Å². The summed E-state index contributed by atoms with van der Waals surface area (Å²) in [5, 5.41) is 3.39. The van der Waals surface area contributed by atoms with E-state index in [0.717, 1.165) is 24.5 Å². The third-order valence-electron chi connectivity index (χ3n) is 2.76. The Morgan fingerprint density at radius 3 is 2.39 bits per heavy atom. The van der Waals surface area contributed by atoms with Crippen LogP contribution < -0.4 is 11.1 Å². The predicted octanol–water partition coefficient (Wildman–Crippen LogP) is 3.67. The summed E-state index contributed by atoms with van der Waals surface area (Å²) in [5.74, 6) is 0. The largest absolute Gasteiger partial charge is 0.399 e. The lowest BCUT2D eigenvalue weighted by Gasteiger charge is -2.08. The molecule has 18 heavy (non-hydrogen) atoms. The van der Waals surface area contributed by atoms with Crippen molar-refractivity contribution in [3.05, 3.63) is 24.3 Å². The molecule has 3 heteroatoms. The maximum Gasteiger partial charge on any atom is 0.0518 e. The van der Waals surface area contributed by atoms with E-state index in [1.165, 1.54) is 25.7 Å². The molecular weight excluding hydrogens is 224 g/mol. The van der Waals surface area contributed by atoms with Crippen LogP contribution in [0.15, 0.2) is 24.3 Å². The molecule has 0 aromatic heterocycles. The molecule has 102 valence electrons. The highest BCUT2D eigenvalue weighted by molar-refractivity contribution is 5.50. The number of anilines is 2. The van der Waals surface area contributed by atoms with Crippen molar-refractivity contribution in [3.8, 4) is 0 Å². The van der Waals surface area contributed by atoms with Crippen molar-refractivity contribution in [1.29, 1.82) is 0 Å². The first-order chi connectivity index (χ1) is 8.68. The first-order valence-electron chi connectivity index (χ1n) is 6.89. The summed E-state index contributed by atoms with van der Waals surface area (Å²) in [6.45, 7) is 6.07. The van der Waals surface area contributed by atoms with Gasteiger partial charge in [-0.3, -0.25) is 0 Å². The zero-order valence-electron chi connectivity index (χ0n) is 11.6. The number of benzene rings is 1. The van der Waals surface area contributed by atoms with Gasteiger partial charge in [0.25, 0.3) is 0 Å². The Morgan fingerprint density at radius 2 is 1.72 bits per heavy atom. The quantitative estimate of drug-likeness (QED) is 0.519. The number of hydrogen-bond donors (Lipinski definition) is 2. The lowest BCUT2D eigenvalue weighted by Crippen LogP contribution is -2.04. The highest BCUT2D eigenvalue weighted by Crippen LogP contribution is 2.10. The maximum atomic E-state index is 5.63. The number of nitrogens with one attached hydrogen (secondary N) is 1. The highest BCUT2D eigenvalue weighted by Gasteiger charge is 1.95. The fraction of sp³-hybridized carbons (Fsp3) is 0.600. The molecule has 0 amide bonds. The lowest BCUT2D eigenvalue weighted by atomic mass is 10.2. The van der Waals surface area contributed by atoms with Crippen LogP contribution in [0.4, 0.5) is 11.4 Å². The van der Waals surface area contributed by atoms with Crippen molar-refractivity contribution in [2.75, 3.05) is 24.2 Å². The third kappa shape index (κ3) is 7.17. The molecule has 0 spiro atoms. The van der Waals surface area contributed by atoms with E-state index in [9.17, 15) is 0 Å². The molecule has 1 aromatic carbocycles. The number of nitrogens with two attached hydrogens (primary N) is 1. The molecule has 1 aromatic rings. The minimum absolute atomic E-state index is 0.359. The number of hydrogen-bond acceptors (Lipinski definition) is 3. The zero-order valence-corrected chi connectivity index (χ0v) is 11.6. The van der Waals surface area contributed by atoms with Gasteiger partial charge in [0.2, 0.25) is 0 Å². The summed E-state index contributed by atoms with van der Waals surface area (Å²) in [6.07, 6.45) is 5.23. The van der Waals surface area contributed by atoms with Gasteiger partial charge < -0.3 is 15.8 Å². The van der Waals surface area contributed by atoms with E-state index in [1.807, 2.05) is 24.3 Å². The summed E-state index contributed by atoms with van der Waals surface area (Å²) in [5.41, 5.74) is 7.59. The van der Waals surface area contributed by atoms with E-state index in [0.29, 0.717) is 6.10 Å². The molecule has 1 rings (SSSR count). The zero-order chi connectivity index (χ0) is 13.2. The van der Waals surface area contributed by atoms with Crippen LogP contribution in [0.1, 0.15) is 39.5 Å². The molecule has 3 N–H and O–H groups in total. The Labute approximate surface area is 111 Å². The molecule has 0 atom stereocenters. The first kappa shape index (κ1) is 14.8. The van der Waals surface area contributed by atoms with Crippen LogP contribution in [0.3, 0.4) is 0 Å². The second-order valence-corrected chi connectivity index (χ2v) is 4.88. The summed E-state index contributed by atoms with van der Waals surface area (Å²) < 4.78 is 5.50. The SMILES string of the molecule is CC(C)OCCCCCCNc1ccc(N)cc1. The predicted molar refractivity (Wildman–Crippen MR) is 78.9 cm³/mol. The van der Waals surface area contributed by atoms with Gasteiger partial charge in [-0.25, -0.2) is 0 Å². The van der Waals surface area contributed by atoms with Crippen molar-refractivity contribution >= 4 is 11.4 Å². The average Bonchev–Trinajstić information content (AvgIpc) is 2.34. The fourth-order valence-corrected chi connectivity index (χ4v) is 1.73. The van der Waals surface area contributed by atoms with Gasteiger partial charge in [0, 0.05) is 24.5 Å². The van der Waals surface area contributed by atoms with E-state index in [-0.39, 0.29) is 0 Å². The Hall–Kier alpha value is -1.22. The molecule has 0 aliphatic heterocycles. The van der Waals surface area contributed by atoms with Crippen LogP contribution in [0.25, 0.3) is 0 Å². The van der Waals surface area contributed by atoms with Crippen molar-refractivity contribution in [2.24, 2.45) is 0 Å². The Morgan fingerprint density at radius 1 is 1.06 bits per heavy atom. The summed E-state index contributed by atoms with van der Waals surface area (Å²) in [6, 6.07) is 7.88. The summed E-state index contributed by atoms with van der Waals surface area (Å²) >= 11 is 0. The van der Waals surface area contributed by atoms with Gasteiger partial charge in [0.1, 0.15) is 0 Å². The molecule has 0 radical (unpaired) electrons. The first-order valence-corrected chi connectivity index (χ1v) is 6.89.